The van der Waals surface area contributed by atoms with Gasteiger partial charge in [0.1, 0.15) is 0 Å². The lowest BCUT2D eigenvalue weighted by atomic mass is 10.2. The van der Waals surface area contributed by atoms with Crippen LogP contribution < -0.4 is 21.3 Å². The molecule has 0 aromatic heterocycles. The fourth-order valence-electron chi connectivity index (χ4n) is 1.72. The molecule has 2 fully saturated rings. The molecular formula is C10H24N4. The standard InChI is InChI=1S/C6H14N2.C4H10N2/c1-5-3-7-4-6(2)8-5;1-2-6-4-3-5-1/h5-8H,3-4H2,1-2H3;5-6H,1-4H2. The zero-order valence-corrected chi connectivity index (χ0v) is 9.40. The Bertz CT molecular complexity index is 117. The first-order valence-electron chi connectivity index (χ1n) is 5.67. The molecule has 0 amide bonds. The van der Waals surface area contributed by atoms with Crippen molar-refractivity contribution in [2.45, 2.75) is 25.9 Å². The Morgan fingerprint density at radius 3 is 1.36 bits per heavy atom. The Labute approximate surface area is 87.2 Å². The highest BCUT2D eigenvalue weighted by atomic mass is 15.1. The zero-order valence-electron chi connectivity index (χ0n) is 9.40. The molecule has 4 nitrogen and oxygen atoms in total. The molecule has 0 saturated carbocycles. The highest BCUT2D eigenvalue weighted by Gasteiger charge is 2.11. The number of hydrogen-bond acceptors (Lipinski definition) is 4. The van der Waals surface area contributed by atoms with Crippen molar-refractivity contribution in [3.63, 3.8) is 0 Å². The lowest BCUT2D eigenvalue weighted by molar-refractivity contribution is 0.370. The average Bonchev–Trinajstić information content (AvgIpc) is 2.21. The van der Waals surface area contributed by atoms with Crippen LogP contribution in [0.15, 0.2) is 0 Å². The quantitative estimate of drug-likeness (QED) is 0.411. The van der Waals surface area contributed by atoms with Crippen LogP contribution in [0.2, 0.25) is 0 Å². The molecule has 84 valence electrons. The topological polar surface area (TPSA) is 48.1 Å². The van der Waals surface area contributed by atoms with Crippen LogP contribution in [0.4, 0.5) is 0 Å². The molecule has 2 rings (SSSR count). The van der Waals surface area contributed by atoms with Gasteiger partial charge in [0.05, 0.1) is 0 Å². The van der Waals surface area contributed by atoms with Crippen molar-refractivity contribution in [1.82, 2.24) is 21.3 Å². The van der Waals surface area contributed by atoms with E-state index in [9.17, 15) is 0 Å². The molecule has 4 N–H and O–H groups in total. The Hall–Kier alpha value is -0.160. The number of hydrogen-bond donors (Lipinski definition) is 4. The van der Waals surface area contributed by atoms with Gasteiger partial charge in [0.2, 0.25) is 0 Å². The Balaban J connectivity index is 0.000000146. The molecule has 0 aromatic rings. The number of piperazine rings is 2. The van der Waals surface area contributed by atoms with E-state index in [0.717, 1.165) is 39.3 Å². The van der Waals surface area contributed by atoms with Crippen LogP contribution in [0.1, 0.15) is 13.8 Å². The normalized spacial score (nSPS) is 33.0. The van der Waals surface area contributed by atoms with Crippen LogP contribution in [-0.2, 0) is 0 Å². The molecule has 2 heterocycles. The van der Waals surface area contributed by atoms with Crippen LogP contribution in [-0.4, -0.2) is 51.4 Å². The lowest BCUT2D eigenvalue weighted by Crippen LogP contribution is -2.52. The lowest BCUT2D eigenvalue weighted by Gasteiger charge is -2.26. The summed E-state index contributed by atoms with van der Waals surface area (Å²) in [5, 5.41) is 13.2. The van der Waals surface area contributed by atoms with E-state index in [1.54, 1.807) is 0 Å². The average molecular weight is 200 g/mol. The third kappa shape index (κ3) is 5.54. The molecule has 14 heavy (non-hydrogen) atoms. The first-order chi connectivity index (χ1) is 6.79. The third-order valence-corrected chi connectivity index (χ3v) is 2.43. The van der Waals surface area contributed by atoms with Gasteiger partial charge in [-0.2, -0.15) is 0 Å². The van der Waals surface area contributed by atoms with E-state index in [4.69, 9.17) is 0 Å². The van der Waals surface area contributed by atoms with Crippen molar-refractivity contribution in [2.75, 3.05) is 39.3 Å². The fourth-order valence-corrected chi connectivity index (χ4v) is 1.72. The molecule has 0 radical (unpaired) electrons. The molecule has 2 aliphatic heterocycles. The maximum Gasteiger partial charge on any atom is 0.0167 e. The molecule has 2 atom stereocenters. The highest BCUT2D eigenvalue weighted by molar-refractivity contribution is 4.76. The second-order valence-corrected chi connectivity index (χ2v) is 4.13. The maximum atomic E-state index is 3.42. The summed E-state index contributed by atoms with van der Waals surface area (Å²) in [5.74, 6) is 0. The van der Waals surface area contributed by atoms with E-state index < -0.39 is 0 Å². The Morgan fingerprint density at radius 2 is 1.14 bits per heavy atom. The van der Waals surface area contributed by atoms with Crippen molar-refractivity contribution in [3.8, 4) is 0 Å². The highest BCUT2D eigenvalue weighted by Crippen LogP contribution is 1.90. The van der Waals surface area contributed by atoms with E-state index in [-0.39, 0.29) is 0 Å². The van der Waals surface area contributed by atoms with Gasteiger partial charge in [0.25, 0.3) is 0 Å². The summed E-state index contributed by atoms with van der Waals surface area (Å²) in [5.41, 5.74) is 0. The van der Waals surface area contributed by atoms with Gasteiger partial charge in [-0.05, 0) is 13.8 Å². The van der Waals surface area contributed by atoms with E-state index in [0.29, 0.717) is 12.1 Å². The van der Waals surface area contributed by atoms with Crippen LogP contribution in [0.5, 0.6) is 0 Å². The molecular weight excluding hydrogens is 176 g/mol. The van der Waals surface area contributed by atoms with E-state index in [1.165, 1.54) is 0 Å². The molecule has 0 aromatic carbocycles. The zero-order chi connectivity index (χ0) is 10.2. The van der Waals surface area contributed by atoms with Gasteiger partial charge < -0.3 is 21.3 Å². The summed E-state index contributed by atoms with van der Waals surface area (Å²) >= 11 is 0. The van der Waals surface area contributed by atoms with Gasteiger partial charge in [0, 0.05) is 51.4 Å². The minimum atomic E-state index is 0.652. The molecule has 4 heteroatoms. The van der Waals surface area contributed by atoms with Crippen molar-refractivity contribution in [2.24, 2.45) is 0 Å². The van der Waals surface area contributed by atoms with E-state index in [1.807, 2.05) is 0 Å². The third-order valence-electron chi connectivity index (χ3n) is 2.43. The van der Waals surface area contributed by atoms with Crippen LogP contribution in [0.25, 0.3) is 0 Å². The monoisotopic (exact) mass is 200 g/mol. The minimum absolute atomic E-state index is 0.652. The summed E-state index contributed by atoms with van der Waals surface area (Å²) in [4.78, 5) is 0. The SMILES string of the molecule is C1CNCCN1.CC1CNCC(C)N1. The predicted molar refractivity (Wildman–Crippen MR) is 60.7 cm³/mol. The Morgan fingerprint density at radius 1 is 0.714 bits per heavy atom. The maximum absolute atomic E-state index is 3.42. The van der Waals surface area contributed by atoms with Gasteiger partial charge in [-0.15, -0.1) is 0 Å². The van der Waals surface area contributed by atoms with Gasteiger partial charge in [-0.1, -0.05) is 0 Å². The first-order valence-corrected chi connectivity index (χ1v) is 5.67. The fraction of sp³-hybridized carbons (Fsp3) is 1.00. The molecule has 2 aliphatic rings. The summed E-state index contributed by atoms with van der Waals surface area (Å²) in [6, 6.07) is 1.30. The van der Waals surface area contributed by atoms with Crippen molar-refractivity contribution in [1.29, 1.82) is 0 Å². The minimum Gasteiger partial charge on any atom is -0.314 e. The summed E-state index contributed by atoms with van der Waals surface area (Å²) in [7, 11) is 0. The Kier molecular flexibility index (Phi) is 6.10. The number of nitrogens with one attached hydrogen (secondary N) is 4. The summed E-state index contributed by atoms with van der Waals surface area (Å²) < 4.78 is 0. The molecule has 0 bridgehead atoms. The van der Waals surface area contributed by atoms with Crippen molar-refractivity contribution < 1.29 is 0 Å². The molecule has 0 spiro atoms. The first kappa shape index (κ1) is 11.9. The van der Waals surface area contributed by atoms with Gasteiger partial charge in [-0.3, -0.25) is 0 Å². The van der Waals surface area contributed by atoms with Gasteiger partial charge in [0.15, 0.2) is 0 Å². The van der Waals surface area contributed by atoms with Crippen LogP contribution >= 0.6 is 0 Å². The van der Waals surface area contributed by atoms with E-state index in [2.05, 4.69) is 35.1 Å². The largest absolute Gasteiger partial charge is 0.314 e. The smallest absolute Gasteiger partial charge is 0.0167 e. The van der Waals surface area contributed by atoms with Crippen LogP contribution in [0.3, 0.4) is 0 Å². The molecule has 2 saturated heterocycles. The van der Waals surface area contributed by atoms with Crippen molar-refractivity contribution >= 4 is 0 Å². The van der Waals surface area contributed by atoms with Crippen molar-refractivity contribution in [3.05, 3.63) is 0 Å². The number of rotatable bonds is 0. The van der Waals surface area contributed by atoms with Gasteiger partial charge in [-0.25, -0.2) is 0 Å². The second kappa shape index (κ2) is 7.17. The second-order valence-electron chi connectivity index (χ2n) is 4.13. The van der Waals surface area contributed by atoms with Gasteiger partial charge >= 0.3 is 0 Å². The molecule has 0 aliphatic carbocycles. The van der Waals surface area contributed by atoms with Crippen LogP contribution in [0, 0.1) is 0 Å². The predicted octanol–water partition coefficient (Wildman–Crippen LogP) is -0.865. The summed E-state index contributed by atoms with van der Waals surface area (Å²) in [6.07, 6.45) is 0. The molecule has 2 unspecified atom stereocenters. The van der Waals surface area contributed by atoms with E-state index >= 15 is 0 Å². The summed E-state index contributed by atoms with van der Waals surface area (Å²) in [6.45, 7) is 11.2.